The number of rotatable bonds is 2. The van der Waals surface area contributed by atoms with Gasteiger partial charge in [0.1, 0.15) is 0 Å². The third-order valence-corrected chi connectivity index (χ3v) is 2.12. The van der Waals surface area contributed by atoms with Crippen LogP contribution < -0.4 is 0 Å². The predicted molar refractivity (Wildman–Crippen MR) is 58.0 cm³/mol. The lowest BCUT2D eigenvalue weighted by atomic mass is 10.1. The maximum Gasteiger partial charge on any atom is 0.152 e. The summed E-state index contributed by atoms with van der Waals surface area (Å²) >= 11 is 0. The molecule has 0 saturated heterocycles. The quantitative estimate of drug-likeness (QED) is 0.717. The molecular formula is C12H11NO. The monoisotopic (exact) mass is 185 g/mol. The van der Waals surface area contributed by atoms with E-state index in [9.17, 15) is 4.79 Å². The van der Waals surface area contributed by atoms with Crippen molar-refractivity contribution in [3.63, 3.8) is 0 Å². The molecule has 0 radical (unpaired) electrons. The van der Waals surface area contributed by atoms with E-state index in [0.717, 1.165) is 16.5 Å². The molecule has 0 atom stereocenters. The Hall–Kier alpha value is -1.83. The first-order valence-corrected chi connectivity index (χ1v) is 4.52. The maximum atomic E-state index is 10.8. The van der Waals surface area contributed by atoms with Gasteiger partial charge in [0.2, 0.25) is 0 Å². The van der Waals surface area contributed by atoms with Crippen LogP contribution in [0.3, 0.4) is 0 Å². The second-order valence-electron chi connectivity index (χ2n) is 3.23. The molecule has 0 aliphatic rings. The van der Waals surface area contributed by atoms with E-state index < -0.39 is 0 Å². The van der Waals surface area contributed by atoms with E-state index in [2.05, 4.69) is 4.98 Å². The topological polar surface area (TPSA) is 32.9 Å². The van der Waals surface area contributed by atoms with Crippen molar-refractivity contribution in [1.82, 2.24) is 4.98 Å². The van der Waals surface area contributed by atoms with Gasteiger partial charge in [-0.25, -0.2) is 0 Å². The van der Waals surface area contributed by atoms with E-state index in [1.807, 2.05) is 36.5 Å². The number of hydrogen-bond donors (Lipinski definition) is 1. The number of allylic oxidation sites excluding steroid dienone is 1. The SMILES string of the molecule is CC(=O)/C=C\c1c[nH]c2ccccc12. The Morgan fingerprint density at radius 2 is 2.14 bits per heavy atom. The zero-order valence-corrected chi connectivity index (χ0v) is 7.95. The largest absolute Gasteiger partial charge is 0.361 e. The molecule has 0 spiro atoms. The van der Waals surface area contributed by atoms with Gasteiger partial charge in [-0.3, -0.25) is 4.79 Å². The number of fused-ring (bicyclic) bond motifs is 1. The van der Waals surface area contributed by atoms with E-state index in [4.69, 9.17) is 0 Å². The molecule has 14 heavy (non-hydrogen) atoms. The van der Waals surface area contributed by atoms with Crippen molar-refractivity contribution >= 4 is 22.8 Å². The Bertz CT molecular complexity index is 494. The summed E-state index contributed by atoms with van der Waals surface area (Å²) in [7, 11) is 0. The molecule has 2 heteroatoms. The van der Waals surface area contributed by atoms with Gasteiger partial charge < -0.3 is 4.98 Å². The molecule has 0 fully saturated rings. The minimum atomic E-state index is 0.0651. The molecule has 2 aromatic rings. The molecule has 0 aliphatic heterocycles. The third kappa shape index (κ3) is 1.59. The van der Waals surface area contributed by atoms with Gasteiger partial charge >= 0.3 is 0 Å². The highest BCUT2D eigenvalue weighted by Gasteiger charge is 1.98. The van der Waals surface area contributed by atoms with E-state index in [1.54, 1.807) is 13.0 Å². The van der Waals surface area contributed by atoms with Crippen molar-refractivity contribution in [2.45, 2.75) is 6.92 Å². The molecule has 0 unspecified atom stereocenters. The molecule has 2 nitrogen and oxygen atoms in total. The maximum absolute atomic E-state index is 10.8. The second-order valence-corrected chi connectivity index (χ2v) is 3.23. The Balaban J connectivity index is 2.48. The Morgan fingerprint density at radius 1 is 1.36 bits per heavy atom. The van der Waals surface area contributed by atoms with E-state index in [-0.39, 0.29) is 5.78 Å². The van der Waals surface area contributed by atoms with Crippen LogP contribution in [0, 0.1) is 0 Å². The zero-order chi connectivity index (χ0) is 9.97. The summed E-state index contributed by atoms with van der Waals surface area (Å²) in [6, 6.07) is 8.02. The number of para-hydroxylation sites is 1. The van der Waals surface area contributed by atoms with Crippen molar-refractivity contribution in [2.24, 2.45) is 0 Å². The van der Waals surface area contributed by atoms with Crippen LogP contribution in [0.1, 0.15) is 12.5 Å². The van der Waals surface area contributed by atoms with Crippen LogP contribution in [0.5, 0.6) is 0 Å². The smallest absolute Gasteiger partial charge is 0.152 e. The predicted octanol–water partition coefficient (Wildman–Crippen LogP) is 2.77. The van der Waals surface area contributed by atoms with Gasteiger partial charge in [-0.2, -0.15) is 0 Å². The minimum Gasteiger partial charge on any atom is -0.361 e. The summed E-state index contributed by atoms with van der Waals surface area (Å²) in [4.78, 5) is 13.9. The highest BCUT2D eigenvalue weighted by molar-refractivity contribution is 5.96. The van der Waals surface area contributed by atoms with Crippen LogP contribution in [0.15, 0.2) is 36.5 Å². The summed E-state index contributed by atoms with van der Waals surface area (Å²) in [5, 5.41) is 1.14. The van der Waals surface area contributed by atoms with Gasteiger partial charge in [0.05, 0.1) is 0 Å². The Morgan fingerprint density at radius 3 is 2.93 bits per heavy atom. The van der Waals surface area contributed by atoms with E-state index in [1.165, 1.54) is 0 Å². The zero-order valence-electron chi connectivity index (χ0n) is 7.95. The lowest BCUT2D eigenvalue weighted by Crippen LogP contribution is -1.78. The number of benzene rings is 1. The molecule has 70 valence electrons. The number of aromatic amines is 1. The van der Waals surface area contributed by atoms with Gasteiger partial charge in [0, 0.05) is 17.1 Å². The van der Waals surface area contributed by atoms with Gasteiger partial charge in [0.15, 0.2) is 5.78 Å². The van der Waals surface area contributed by atoms with Crippen molar-refractivity contribution in [1.29, 1.82) is 0 Å². The highest BCUT2D eigenvalue weighted by Crippen LogP contribution is 2.18. The summed E-state index contributed by atoms with van der Waals surface area (Å²) in [5.74, 6) is 0.0651. The fourth-order valence-corrected chi connectivity index (χ4v) is 1.44. The van der Waals surface area contributed by atoms with E-state index >= 15 is 0 Å². The number of carbonyl (C=O) groups is 1. The Labute approximate surface area is 82.3 Å². The number of aromatic nitrogens is 1. The van der Waals surface area contributed by atoms with Crippen molar-refractivity contribution in [3.05, 3.63) is 42.1 Å². The molecule has 0 amide bonds. The van der Waals surface area contributed by atoms with Gasteiger partial charge in [-0.05, 0) is 30.7 Å². The van der Waals surface area contributed by atoms with Crippen LogP contribution in [0.25, 0.3) is 17.0 Å². The fourth-order valence-electron chi connectivity index (χ4n) is 1.44. The van der Waals surface area contributed by atoms with Crippen LogP contribution in [-0.2, 0) is 4.79 Å². The number of carbonyl (C=O) groups excluding carboxylic acids is 1. The first-order chi connectivity index (χ1) is 6.77. The van der Waals surface area contributed by atoms with Crippen LogP contribution in [-0.4, -0.2) is 10.8 Å². The van der Waals surface area contributed by atoms with Crippen LogP contribution in [0.2, 0.25) is 0 Å². The molecule has 1 heterocycles. The Kier molecular flexibility index (Phi) is 2.19. The minimum absolute atomic E-state index is 0.0651. The second kappa shape index (κ2) is 3.50. The molecular weight excluding hydrogens is 174 g/mol. The average molecular weight is 185 g/mol. The van der Waals surface area contributed by atoms with Crippen molar-refractivity contribution < 1.29 is 4.79 Å². The summed E-state index contributed by atoms with van der Waals surface area (Å²) in [5.41, 5.74) is 2.14. The van der Waals surface area contributed by atoms with Crippen molar-refractivity contribution in [2.75, 3.05) is 0 Å². The van der Waals surface area contributed by atoms with Gasteiger partial charge in [0.25, 0.3) is 0 Å². The van der Waals surface area contributed by atoms with Crippen LogP contribution >= 0.6 is 0 Å². The molecule has 1 N–H and O–H groups in total. The number of H-pyrrole nitrogens is 1. The van der Waals surface area contributed by atoms with E-state index in [0.29, 0.717) is 0 Å². The molecule has 1 aromatic carbocycles. The van der Waals surface area contributed by atoms with Crippen molar-refractivity contribution in [3.8, 4) is 0 Å². The number of nitrogens with one attached hydrogen (secondary N) is 1. The highest BCUT2D eigenvalue weighted by atomic mass is 16.1. The lowest BCUT2D eigenvalue weighted by molar-refractivity contribution is -0.112. The van der Waals surface area contributed by atoms with Crippen LogP contribution in [0.4, 0.5) is 0 Å². The summed E-state index contributed by atoms with van der Waals surface area (Å²) in [6.45, 7) is 1.55. The van der Waals surface area contributed by atoms with Gasteiger partial charge in [-0.1, -0.05) is 18.2 Å². The normalized spacial score (nSPS) is 11.2. The standard InChI is InChI=1S/C12H11NO/c1-9(14)6-7-10-8-13-12-5-3-2-4-11(10)12/h2-8,13H,1H3/b7-6-. The molecule has 1 aromatic heterocycles. The number of hydrogen-bond acceptors (Lipinski definition) is 1. The molecule has 2 rings (SSSR count). The lowest BCUT2D eigenvalue weighted by Gasteiger charge is -1.89. The first kappa shape index (κ1) is 8.75. The summed E-state index contributed by atoms with van der Waals surface area (Å²) < 4.78 is 0. The molecule has 0 bridgehead atoms. The van der Waals surface area contributed by atoms with Gasteiger partial charge in [-0.15, -0.1) is 0 Å². The average Bonchev–Trinajstić information content (AvgIpc) is 2.58. The molecule has 0 saturated carbocycles. The third-order valence-electron chi connectivity index (χ3n) is 2.12. The fraction of sp³-hybridized carbons (Fsp3) is 0.0833. The summed E-state index contributed by atoms with van der Waals surface area (Å²) in [6.07, 6.45) is 5.32. The molecule has 0 aliphatic carbocycles. The first-order valence-electron chi connectivity index (χ1n) is 4.52. The number of ketones is 1.